The second-order valence-corrected chi connectivity index (χ2v) is 10.7. The SMILES string of the molecule is CC(C)(C)OC(=O)NC1CCN(c2cccnn2)CC1COC1CCC(c2cccc(F)c2)CC1. The highest BCUT2D eigenvalue weighted by Gasteiger charge is 2.33. The quantitative estimate of drug-likeness (QED) is 0.616. The standard InChI is InChI=1S/C27H37FN4O3/c1-27(2,3)35-26(33)30-24-13-15-32(25-8-5-14-29-31-25)17-21(24)18-34-23-11-9-19(10-12-23)20-6-4-7-22(28)16-20/h4-8,14,16,19,21,23-24H,9-13,15,17-18H2,1-3H3,(H,30,33). The van der Waals surface area contributed by atoms with E-state index in [1.165, 1.54) is 6.07 Å². The summed E-state index contributed by atoms with van der Waals surface area (Å²) in [4.78, 5) is 14.7. The summed E-state index contributed by atoms with van der Waals surface area (Å²) < 4.78 is 25.5. The molecule has 1 N–H and O–H groups in total. The van der Waals surface area contributed by atoms with Crippen LogP contribution in [0.25, 0.3) is 0 Å². The van der Waals surface area contributed by atoms with Crippen molar-refractivity contribution in [3.05, 3.63) is 54.0 Å². The lowest BCUT2D eigenvalue weighted by molar-refractivity contribution is -0.00575. The monoisotopic (exact) mass is 484 g/mol. The molecule has 2 heterocycles. The van der Waals surface area contributed by atoms with Crippen molar-refractivity contribution in [3.63, 3.8) is 0 Å². The number of carbonyl (C=O) groups excluding carboxylic acids is 1. The predicted octanol–water partition coefficient (Wildman–Crippen LogP) is 5.08. The Morgan fingerprint density at radius 1 is 1.14 bits per heavy atom. The molecule has 2 fully saturated rings. The molecule has 1 saturated heterocycles. The van der Waals surface area contributed by atoms with Gasteiger partial charge in [-0.3, -0.25) is 0 Å². The van der Waals surface area contributed by atoms with Gasteiger partial charge < -0.3 is 19.7 Å². The number of aromatic nitrogens is 2. The third-order valence-electron chi connectivity index (χ3n) is 6.86. The van der Waals surface area contributed by atoms with E-state index in [-0.39, 0.29) is 23.9 Å². The fraction of sp³-hybridized carbons (Fsp3) is 0.593. The maximum atomic E-state index is 13.6. The number of carbonyl (C=O) groups is 1. The van der Waals surface area contributed by atoms with Crippen molar-refractivity contribution in [3.8, 4) is 0 Å². The largest absolute Gasteiger partial charge is 0.444 e. The number of nitrogens with zero attached hydrogens (tertiary/aromatic N) is 3. The summed E-state index contributed by atoms with van der Waals surface area (Å²) in [5.74, 6) is 1.14. The van der Waals surface area contributed by atoms with Crippen LogP contribution in [0.2, 0.25) is 0 Å². The molecule has 190 valence electrons. The zero-order valence-electron chi connectivity index (χ0n) is 21.0. The van der Waals surface area contributed by atoms with E-state index in [0.717, 1.165) is 56.6 Å². The molecule has 2 unspecified atom stereocenters. The zero-order valence-corrected chi connectivity index (χ0v) is 21.0. The molecular formula is C27H37FN4O3. The molecule has 7 nitrogen and oxygen atoms in total. The summed E-state index contributed by atoms with van der Waals surface area (Å²) in [7, 11) is 0. The van der Waals surface area contributed by atoms with Crippen molar-refractivity contribution >= 4 is 11.9 Å². The first kappa shape index (κ1) is 25.4. The Kier molecular flexibility index (Phi) is 8.21. The summed E-state index contributed by atoms with van der Waals surface area (Å²) >= 11 is 0. The van der Waals surface area contributed by atoms with Crippen molar-refractivity contribution in [2.24, 2.45) is 5.92 Å². The lowest BCUT2D eigenvalue weighted by Gasteiger charge is -2.40. The Bertz CT molecular complexity index is 960. The molecule has 1 aliphatic carbocycles. The van der Waals surface area contributed by atoms with Crippen molar-refractivity contribution in [2.45, 2.75) is 76.5 Å². The molecule has 1 aromatic carbocycles. The van der Waals surface area contributed by atoms with E-state index in [2.05, 4.69) is 20.4 Å². The van der Waals surface area contributed by atoms with E-state index in [1.807, 2.05) is 39.0 Å². The Labute approximate surface area is 207 Å². The topological polar surface area (TPSA) is 76.6 Å². The van der Waals surface area contributed by atoms with Crippen LogP contribution < -0.4 is 10.2 Å². The van der Waals surface area contributed by atoms with Gasteiger partial charge in [-0.1, -0.05) is 12.1 Å². The molecule has 0 radical (unpaired) electrons. The molecule has 35 heavy (non-hydrogen) atoms. The van der Waals surface area contributed by atoms with Crippen LogP contribution in [0.15, 0.2) is 42.6 Å². The van der Waals surface area contributed by atoms with Crippen molar-refractivity contribution in [2.75, 3.05) is 24.6 Å². The predicted molar refractivity (Wildman–Crippen MR) is 133 cm³/mol. The maximum absolute atomic E-state index is 13.6. The minimum Gasteiger partial charge on any atom is -0.444 e. The van der Waals surface area contributed by atoms with Gasteiger partial charge in [0.05, 0.1) is 12.7 Å². The molecule has 4 rings (SSSR count). The minimum absolute atomic E-state index is 0.0404. The lowest BCUT2D eigenvalue weighted by Crippen LogP contribution is -2.53. The number of anilines is 1. The third kappa shape index (κ3) is 7.37. The Morgan fingerprint density at radius 3 is 2.63 bits per heavy atom. The van der Waals surface area contributed by atoms with Gasteiger partial charge in [0.1, 0.15) is 11.4 Å². The smallest absolute Gasteiger partial charge is 0.407 e. The van der Waals surface area contributed by atoms with Gasteiger partial charge in [0, 0.05) is 31.2 Å². The third-order valence-corrected chi connectivity index (χ3v) is 6.86. The molecule has 0 bridgehead atoms. The van der Waals surface area contributed by atoms with E-state index >= 15 is 0 Å². The molecule has 1 amide bonds. The molecule has 8 heteroatoms. The van der Waals surface area contributed by atoms with Gasteiger partial charge >= 0.3 is 6.09 Å². The number of rotatable bonds is 6. The number of hydrogen-bond acceptors (Lipinski definition) is 6. The highest BCUT2D eigenvalue weighted by molar-refractivity contribution is 5.68. The van der Waals surface area contributed by atoms with E-state index in [1.54, 1.807) is 18.3 Å². The van der Waals surface area contributed by atoms with Gasteiger partial charge in [-0.05, 0) is 88.6 Å². The molecule has 0 spiro atoms. The first-order valence-corrected chi connectivity index (χ1v) is 12.7. The molecule has 1 saturated carbocycles. The van der Waals surface area contributed by atoms with Crippen molar-refractivity contribution < 1.29 is 18.7 Å². The first-order valence-electron chi connectivity index (χ1n) is 12.7. The lowest BCUT2D eigenvalue weighted by atomic mass is 9.82. The molecule has 2 atom stereocenters. The zero-order chi connectivity index (χ0) is 24.8. The molecule has 1 aliphatic heterocycles. The number of amides is 1. The summed E-state index contributed by atoms with van der Waals surface area (Å²) in [6, 6.07) is 10.8. The normalized spacial score (nSPS) is 25.2. The van der Waals surface area contributed by atoms with Crippen LogP contribution in [0.4, 0.5) is 15.0 Å². The van der Waals surface area contributed by atoms with Crippen LogP contribution in [0.3, 0.4) is 0 Å². The van der Waals surface area contributed by atoms with Crippen LogP contribution in [0, 0.1) is 11.7 Å². The van der Waals surface area contributed by atoms with E-state index in [4.69, 9.17) is 9.47 Å². The highest BCUT2D eigenvalue weighted by Crippen LogP contribution is 2.35. The molecule has 2 aromatic rings. The van der Waals surface area contributed by atoms with Gasteiger partial charge in [-0.2, -0.15) is 5.10 Å². The molecule has 2 aliphatic rings. The van der Waals surface area contributed by atoms with Crippen molar-refractivity contribution in [1.29, 1.82) is 0 Å². The Hall–Kier alpha value is -2.74. The van der Waals surface area contributed by atoms with E-state index in [0.29, 0.717) is 12.5 Å². The summed E-state index contributed by atoms with van der Waals surface area (Å²) in [6.07, 6.45) is 6.11. The summed E-state index contributed by atoms with van der Waals surface area (Å²) in [5, 5.41) is 11.4. The number of benzene rings is 1. The number of halogens is 1. The van der Waals surface area contributed by atoms with Crippen LogP contribution in [-0.4, -0.2) is 53.7 Å². The minimum atomic E-state index is -0.545. The number of hydrogen-bond donors (Lipinski definition) is 1. The van der Waals surface area contributed by atoms with Gasteiger partial charge in [0.2, 0.25) is 0 Å². The van der Waals surface area contributed by atoms with E-state index < -0.39 is 11.7 Å². The van der Waals surface area contributed by atoms with Gasteiger partial charge in [0.15, 0.2) is 5.82 Å². The van der Waals surface area contributed by atoms with Gasteiger partial charge in [-0.15, -0.1) is 5.10 Å². The Balaban J connectivity index is 1.34. The number of nitrogens with one attached hydrogen (secondary N) is 1. The van der Waals surface area contributed by atoms with E-state index in [9.17, 15) is 9.18 Å². The average molecular weight is 485 g/mol. The second kappa shape index (κ2) is 11.3. The number of alkyl carbamates (subject to hydrolysis) is 1. The number of ether oxygens (including phenoxy) is 2. The molecular weight excluding hydrogens is 447 g/mol. The van der Waals surface area contributed by atoms with Gasteiger partial charge in [-0.25, -0.2) is 9.18 Å². The average Bonchev–Trinajstić information content (AvgIpc) is 2.83. The fourth-order valence-corrected chi connectivity index (χ4v) is 5.10. The summed E-state index contributed by atoms with van der Waals surface area (Å²) in [6.45, 7) is 7.64. The van der Waals surface area contributed by atoms with Crippen LogP contribution in [0.5, 0.6) is 0 Å². The van der Waals surface area contributed by atoms with Crippen LogP contribution in [-0.2, 0) is 9.47 Å². The fourth-order valence-electron chi connectivity index (χ4n) is 5.10. The van der Waals surface area contributed by atoms with Gasteiger partial charge in [0.25, 0.3) is 0 Å². The maximum Gasteiger partial charge on any atom is 0.407 e. The highest BCUT2D eigenvalue weighted by atomic mass is 19.1. The number of piperidine rings is 1. The Morgan fingerprint density at radius 2 is 1.94 bits per heavy atom. The van der Waals surface area contributed by atoms with Crippen LogP contribution >= 0.6 is 0 Å². The van der Waals surface area contributed by atoms with Crippen LogP contribution in [0.1, 0.15) is 64.4 Å². The molecule has 1 aromatic heterocycles. The second-order valence-electron chi connectivity index (χ2n) is 10.7. The first-order chi connectivity index (χ1) is 16.8. The van der Waals surface area contributed by atoms with Crippen molar-refractivity contribution in [1.82, 2.24) is 15.5 Å². The summed E-state index contributed by atoms with van der Waals surface area (Å²) in [5.41, 5.74) is 0.536.